The number of carboxylic acid groups (broad SMARTS) is 1. The summed E-state index contributed by atoms with van der Waals surface area (Å²) < 4.78 is 17.4. The summed E-state index contributed by atoms with van der Waals surface area (Å²) in [4.78, 5) is 21.9. The Labute approximate surface area is 104 Å². The Morgan fingerprint density at radius 1 is 1.39 bits per heavy atom. The van der Waals surface area contributed by atoms with Gasteiger partial charge in [0.2, 0.25) is 0 Å². The minimum Gasteiger partial charge on any atom is -0.481 e. The summed E-state index contributed by atoms with van der Waals surface area (Å²) in [5, 5.41) is 11.3. The number of methoxy groups -OCH3 is 1. The number of rotatable bonds is 6. The number of halogens is 1. The smallest absolute Gasteiger partial charge is 0.327 e. The molecule has 0 aliphatic heterocycles. The van der Waals surface area contributed by atoms with Crippen LogP contribution in [-0.2, 0) is 14.3 Å². The fourth-order valence-corrected chi connectivity index (χ4v) is 1.43. The van der Waals surface area contributed by atoms with Gasteiger partial charge in [-0.1, -0.05) is 12.1 Å². The normalized spacial score (nSPS) is 11.9. The molecule has 0 bridgehead atoms. The summed E-state index contributed by atoms with van der Waals surface area (Å²) in [5.74, 6) is -1.93. The van der Waals surface area contributed by atoms with Gasteiger partial charge in [0.15, 0.2) is 0 Å². The van der Waals surface area contributed by atoms with Crippen molar-refractivity contribution in [1.82, 2.24) is 5.32 Å². The van der Waals surface area contributed by atoms with Crippen LogP contribution in [0.3, 0.4) is 0 Å². The van der Waals surface area contributed by atoms with E-state index in [0.717, 1.165) is 0 Å². The number of carbonyl (C=O) groups is 2. The quantitative estimate of drug-likeness (QED) is 0.744. The summed E-state index contributed by atoms with van der Waals surface area (Å²) in [6, 6.07) is 4.55. The van der Waals surface area contributed by atoms with E-state index in [-0.39, 0.29) is 13.0 Å². The molecule has 0 saturated carbocycles. The summed E-state index contributed by atoms with van der Waals surface area (Å²) in [7, 11) is 1.23. The molecule has 0 radical (unpaired) electrons. The average molecular weight is 255 g/mol. The molecule has 0 spiro atoms. The topological polar surface area (TPSA) is 75.6 Å². The van der Waals surface area contributed by atoms with Gasteiger partial charge in [-0.25, -0.2) is 9.18 Å². The number of hydrogen-bond acceptors (Lipinski definition) is 4. The third-order valence-electron chi connectivity index (χ3n) is 2.33. The molecule has 0 aliphatic carbocycles. The maximum absolute atomic E-state index is 12.8. The summed E-state index contributed by atoms with van der Waals surface area (Å²) >= 11 is 0. The predicted octanol–water partition coefficient (Wildman–Crippen LogP) is 1.10. The van der Waals surface area contributed by atoms with E-state index in [1.54, 1.807) is 0 Å². The van der Waals surface area contributed by atoms with E-state index in [9.17, 15) is 14.0 Å². The maximum atomic E-state index is 12.8. The molecule has 1 unspecified atom stereocenters. The fraction of sp³-hybridized carbons (Fsp3) is 0.333. The third-order valence-corrected chi connectivity index (χ3v) is 2.33. The Balaban J connectivity index is 2.75. The Morgan fingerprint density at radius 2 is 2.00 bits per heavy atom. The van der Waals surface area contributed by atoms with Crippen LogP contribution in [0.5, 0.6) is 0 Å². The van der Waals surface area contributed by atoms with Crippen LogP contribution < -0.4 is 5.32 Å². The number of ether oxygens (including phenoxy) is 1. The van der Waals surface area contributed by atoms with Crippen molar-refractivity contribution in [1.29, 1.82) is 0 Å². The highest BCUT2D eigenvalue weighted by Crippen LogP contribution is 2.15. The van der Waals surface area contributed by atoms with E-state index in [1.807, 2.05) is 0 Å². The van der Waals surface area contributed by atoms with Crippen molar-refractivity contribution >= 4 is 11.9 Å². The molecule has 2 N–H and O–H groups in total. The highest BCUT2D eigenvalue weighted by molar-refractivity contribution is 5.77. The molecule has 98 valence electrons. The first kappa shape index (κ1) is 14.1. The van der Waals surface area contributed by atoms with E-state index in [1.165, 1.54) is 31.4 Å². The predicted molar refractivity (Wildman–Crippen MR) is 61.4 cm³/mol. The largest absolute Gasteiger partial charge is 0.481 e. The molecule has 1 atom stereocenters. The molecule has 1 aromatic carbocycles. The van der Waals surface area contributed by atoms with Gasteiger partial charge in [-0.05, 0) is 17.7 Å². The highest BCUT2D eigenvalue weighted by atomic mass is 19.1. The van der Waals surface area contributed by atoms with Gasteiger partial charge in [0, 0.05) is 6.54 Å². The summed E-state index contributed by atoms with van der Waals surface area (Å²) in [6.07, 6.45) is -0.116. The van der Waals surface area contributed by atoms with Gasteiger partial charge < -0.3 is 15.2 Å². The number of carbonyl (C=O) groups excluding carboxylic acids is 1. The first-order valence-electron chi connectivity index (χ1n) is 5.33. The van der Waals surface area contributed by atoms with Crippen molar-refractivity contribution in [3.63, 3.8) is 0 Å². The molecule has 0 fully saturated rings. The van der Waals surface area contributed by atoms with Gasteiger partial charge in [-0.15, -0.1) is 0 Å². The number of carboxylic acids is 1. The van der Waals surface area contributed by atoms with E-state index in [0.29, 0.717) is 5.56 Å². The van der Waals surface area contributed by atoms with Crippen LogP contribution in [0, 0.1) is 5.82 Å². The van der Waals surface area contributed by atoms with Crippen molar-refractivity contribution in [3.8, 4) is 0 Å². The second kappa shape index (κ2) is 6.70. The second-order valence-electron chi connectivity index (χ2n) is 3.61. The van der Waals surface area contributed by atoms with Crippen molar-refractivity contribution in [3.05, 3.63) is 35.6 Å². The zero-order valence-corrected chi connectivity index (χ0v) is 9.85. The van der Waals surface area contributed by atoms with Crippen molar-refractivity contribution in [2.45, 2.75) is 12.5 Å². The van der Waals surface area contributed by atoms with Crippen LogP contribution in [-0.4, -0.2) is 30.7 Å². The zero-order chi connectivity index (χ0) is 13.5. The number of hydrogen-bond donors (Lipinski definition) is 2. The van der Waals surface area contributed by atoms with Gasteiger partial charge in [0.1, 0.15) is 11.9 Å². The first-order chi connectivity index (χ1) is 8.54. The number of aliphatic carboxylic acids is 1. The number of benzene rings is 1. The van der Waals surface area contributed by atoms with Crippen LogP contribution in [0.1, 0.15) is 18.0 Å². The molecule has 0 aliphatic rings. The molecule has 0 saturated heterocycles. The average Bonchev–Trinajstić information content (AvgIpc) is 2.35. The van der Waals surface area contributed by atoms with Gasteiger partial charge in [0.05, 0.1) is 13.5 Å². The lowest BCUT2D eigenvalue weighted by atomic mass is 10.1. The summed E-state index contributed by atoms with van der Waals surface area (Å²) in [5.41, 5.74) is 0.522. The number of nitrogens with one attached hydrogen (secondary N) is 1. The van der Waals surface area contributed by atoms with Gasteiger partial charge >= 0.3 is 11.9 Å². The molecule has 1 aromatic rings. The zero-order valence-electron chi connectivity index (χ0n) is 9.85. The highest BCUT2D eigenvalue weighted by Gasteiger charge is 2.20. The van der Waals surface area contributed by atoms with E-state index < -0.39 is 23.8 Å². The van der Waals surface area contributed by atoms with Gasteiger partial charge in [-0.2, -0.15) is 0 Å². The van der Waals surface area contributed by atoms with Crippen molar-refractivity contribution in [2.24, 2.45) is 0 Å². The van der Waals surface area contributed by atoms with Crippen LogP contribution in [0.25, 0.3) is 0 Å². The van der Waals surface area contributed by atoms with E-state index in [4.69, 9.17) is 5.11 Å². The first-order valence-corrected chi connectivity index (χ1v) is 5.33. The molecule has 18 heavy (non-hydrogen) atoms. The Hall–Kier alpha value is -1.95. The lowest BCUT2D eigenvalue weighted by molar-refractivity contribution is -0.144. The Bertz CT molecular complexity index is 419. The lowest BCUT2D eigenvalue weighted by Crippen LogP contribution is -2.31. The molecule has 0 aromatic heterocycles. The maximum Gasteiger partial charge on any atom is 0.327 e. The van der Waals surface area contributed by atoms with E-state index in [2.05, 4.69) is 10.1 Å². The molecule has 0 amide bonds. The lowest BCUT2D eigenvalue weighted by Gasteiger charge is -2.16. The Morgan fingerprint density at radius 3 is 2.50 bits per heavy atom. The standard InChI is InChI=1S/C12H14FNO4/c1-18-12(17)11(14-7-6-10(15)16)8-2-4-9(13)5-3-8/h2-5,11,14H,6-7H2,1H3,(H,15,16). The van der Waals surface area contributed by atoms with Crippen molar-refractivity contribution in [2.75, 3.05) is 13.7 Å². The minimum atomic E-state index is -0.967. The second-order valence-corrected chi connectivity index (χ2v) is 3.61. The van der Waals surface area contributed by atoms with Crippen LogP contribution in [0.2, 0.25) is 0 Å². The molecule has 6 heteroatoms. The number of esters is 1. The summed E-state index contributed by atoms with van der Waals surface area (Å²) in [6.45, 7) is 0.118. The molecular weight excluding hydrogens is 241 g/mol. The monoisotopic (exact) mass is 255 g/mol. The van der Waals surface area contributed by atoms with E-state index >= 15 is 0 Å². The minimum absolute atomic E-state index is 0.116. The fourth-order valence-electron chi connectivity index (χ4n) is 1.43. The molecule has 5 nitrogen and oxygen atoms in total. The van der Waals surface area contributed by atoms with Gasteiger partial charge in [0.25, 0.3) is 0 Å². The third kappa shape index (κ3) is 4.14. The van der Waals surface area contributed by atoms with Crippen LogP contribution >= 0.6 is 0 Å². The SMILES string of the molecule is COC(=O)C(NCCC(=O)O)c1ccc(F)cc1. The Kier molecular flexibility index (Phi) is 5.26. The van der Waals surface area contributed by atoms with Crippen molar-refractivity contribution < 1.29 is 23.8 Å². The van der Waals surface area contributed by atoms with Gasteiger partial charge in [-0.3, -0.25) is 4.79 Å². The van der Waals surface area contributed by atoms with Crippen LogP contribution in [0.15, 0.2) is 24.3 Å². The molecule has 0 heterocycles. The molecular formula is C12H14FNO4. The van der Waals surface area contributed by atoms with Crippen LogP contribution in [0.4, 0.5) is 4.39 Å². The molecule has 1 rings (SSSR count).